The van der Waals surface area contributed by atoms with E-state index in [1.165, 1.54) is 44.2 Å². The van der Waals surface area contributed by atoms with Gasteiger partial charge >= 0.3 is 0 Å². The van der Waals surface area contributed by atoms with Crippen molar-refractivity contribution < 1.29 is 0 Å². The molecule has 0 radical (unpaired) electrons. The molecule has 2 heterocycles. The van der Waals surface area contributed by atoms with E-state index in [4.69, 9.17) is 5.73 Å². The van der Waals surface area contributed by atoms with E-state index >= 15 is 0 Å². The summed E-state index contributed by atoms with van der Waals surface area (Å²) in [5.41, 5.74) is 7.48. The van der Waals surface area contributed by atoms with Crippen molar-refractivity contribution in [2.24, 2.45) is 5.73 Å². The normalized spacial score (nSPS) is 33.7. The van der Waals surface area contributed by atoms with Crippen molar-refractivity contribution in [1.82, 2.24) is 9.88 Å². The second kappa shape index (κ2) is 5.37. The van der Waals surface area contributed by atoms with Gasteiger partial charge in [0.1, 0.15) is 0 Å². The molecule has 98 valence electrons. The average Bonchev–Trinajstić information content (AvgIpc) is 2.87. The molecular formula is C15H23N3. The number of pyridine rings is 1. The summed E-state index contributed by atoms with van der Waals surface area (Å²) in [5, 5.41) is 0. The fourth-order valence-corrected chi connectivity index (χ4v) is 3.56. The summed E-state index contributed by atoms with van der Waals surface area (Å²) in [4.78, 5) is 6.72. The van der Waals surface area contributed by atoms with E-state index in [2.05, 4.69) is 22.0 Å². The van der Waals surface area contributed by atoms with E-state index in [9.17, 15) is 0 Å². The number of nitrogens with two attached hydrogens (primary N) is 1. The van der Waals surface area contributed by atoms with E-state index in [-0.39, 0.29) is 0 Å². The number of hydrogen-bond acceptors (Lipinski definition) is 3. The van der Waals surface area contributed by atoms with Crippen LogP contribution in [0.4, 0.5) is 0 Å². The first-order valence-electron chi connectivity index (χ1n) is 7.22. The van der Waals surface area contributed by atoms with Crippen molar-refractivity contribution in [3.05, 3.63) is 30.1 Å². The fraction of sp³-hybridized carbons (Fsp3) is 0.667. The lowest BCUT2D eigenvalue weighted by Crippen LogP contribution is -2.37. The smallest absolute Gasteiger partial charge is 0.0270 e. The van der Waals surface area contributed by atoms with Crippen LogP contribution in [0.25, 0.3) is 0 Å². The Kier molecular flexibility index (Phi) is 3.62. The predicted octanol–water partition coefficient (Wildman–Crippen LogP) is 2.14. The first-order valence-corrected chi connectivity index (χ1v) is 7.22. The molecule has 1 saturated carbocycles. The van der Waals surface area contributed by atoms with Gasteiger partial charge in [0.2, 0.25) is 0 Å². The summed E-state index contributed by atoms with van der Waals surface area (Å²) in [6.07, 6.45) is 10.3. The van der Waals surface area contributed by atoms with E-state index in [0.29, 0.717) is 6.04 Å². The molecule has 1 aliphatic heterocycles. The van der Waals surface area contributed by atoms with Gasteiger partial charge in [-0.05, 0) is 55.7 Å². The van der Waals surface area contributed by atoms with Crippen molar-refractivity contribution in [3.63, 3.8) is 0 Å². The summed E-state index contributed by atoms with van der Waals surface area (Å²) in [6, 6.07) is 5.56. The van der Waals surface area contributed by atoms with Crippen molar-refractivity contribution in [3.8, 4) is 0 Å². The van der Waals surface area contributed by atoms with Crippen molar-refractivity contribution in [2.45, 2.75) is 50.1 Å². The molecule has 3 nitrogen and oxygen atoms in total. The number of nitrogens with zero attached hydrogens (tertiary/aromatic N) is 2. The zero-order valence-electron chi connectivity index (χ0n) is 11.0. The minimum Gasteiger partial charge on any atom is -0.326 e. The van der Waals surface area contributed by atoms with Gasteiger partial charge in [0.15, 0.2) is 0 Å². The van der Waals surface area contributed by atoms with Gasteiger partial charge < -0.3 is 5.73 Å². The third kappa shape index (κ3) is 2.57. The second-order valence-corrected chi connectivity index (χ2v) is 5.83. The maximum Gasteiger partial charge on any atom is 0.0270 e. The molecule has 2 aliphatic rings. The van der Waals surface area contributed by atoms with Gasteiger partial charge in [-0.15, -0.1) is 0 Å². The Morgan fingerprint density at radius 3 is 2.39 bits per heavy atom. The SMILES string of the molecule is N[C@@H]1CCN(C2CCC(c3ccncc3)CC2)C1. The highest BCUT2D eigenvalue weighted by Gasteiger charge is 2.30. The highest BCUT2D eigenvalue weighted by Crippen LogP contribution is 2.35. The van der Waals surface area contributed by atoms with E-state index in [1.54, 1.807) is 0 Å². The number of aromatic nitrogens is 1. The van der Waals surface area contributed by atoms with Crippen molar-refractivity contribution in [1.29, 1.82) is 0 Å². The summed E-state index contributed by atoms with van der Waals surface area (Å²) in [5.74, 6) is 0.750. The Morgan fingerprint density at radius 2 is 1.78 bits per heavy atom. The first kappa shape index (κ1) is 12.1. The Labute approximate surface area is 109 Å². The molecule has 1 aromatic rings. The van der Waals surface area contributed by atoms with Gasteiger partial charge in [0, 0.05) is 37.6 Å². The van der Waals surface area contributed by atoms with E-state index < -0.39 is 0 Å². The van der Waals surface area contributed by atoms with Gasteiger partial charge in [-0.3, -0.25) is 9.88 Å². The summed E-state index contributed by atoms with van der Waals surface area (Å²) in [6.45, 7) is 2.33. The molecular weight excluding hydrogens is 222 g/mol. The lowest BCUT2D eigenvalue weighted by Gasteiger charge is -2.34. The van der Waals surface area contributed by atoms with Crippen LogP contribution in [0.1, 0.15) is 43.6 Å². The lowest BCUT2D eigenvalue weighted by atomic mass is 9.81. The molecule has 3 heteroatoms. The van der Waals surface area contributed by atoms with Gasteiger partial charge in [-0.2, -0.15) is 0 Å². The Bertz CT molecular complexity index is 371. The fourth-order valence-electron chi connectivity index (χ4n) is 3.56. The zero-order chi connectivity index (χ0) is 12.4. The number of rotatable bonds is 2. The van der Waals surface area contributed by atoms with Crippen LogP contribution in [-0.2, 0) is 0 Å². The lowest BCUT2D eigenvalue weighted by molar-refractivity contribution is 0.180. The maximum atomic E-state index is 6.00. The van der Waals surface area contributed by atoms with E-state index in [0.717, 1.165) is 18.5 Å². The van der Waals surface area contributed by atoms with Crippen molar-refractivity contribution in [2.75, 3.05) is 13.1 Å². The molecule has 1 aliphatic carbocycles. The van der Waals surface area contributed by atoms with Crippen LogP contribution in [0.5, 0.6) is 0 Å². The van der Waals surface area contributed by atoms with Crippen LogP contribution in [-0.4, -0.2) is 35.1 Å². The van der Waals surface area contributed by atoms with Crippen LogP contribution in [0.15, 0.2) is 24.5 Å². The molecule has 1 saturated heterocycles. The molecule has 2 fully saturated rings. The van der Waals surface area contributed by atoms with Crippen LogP contribution in [0.2, 0.25) is 0 Å². The maximum absolute atomic E-state index is 6.00. The molecule has 0 aromatic carbocycles. The molecule has 0 bridgehead atoms. The van der Waals surface area contributed by atoms with E-state index in [1.807, 2.05) is 12.4 Å². The zero-order valence-corrected chi connectivity index (χ0v) is 11.0. The van der Waals surface area contributed by atoms with Crippen LogP contribution in [0.3, 0.4) is 0 Å². The number of likely N-dealkylation sites (tertiary alicyclic amines) is 1. The molecule has 1 aromatic heterocycles. The summed E-state index contributed by atoms with van der Waals surface area (Å²) >= 11 is 0. The molecule has 18 heavy (non-hydrogen) atoms. The highest BCUT2D eigenvalue weighted by molar-refractivity contribution is 5.16. The Hall–Kier alpha value is -0.930. The Morgan fingerprint density at radius 1 is 1.06 bits per heavy atom. The molecule has 0 spiro atoms. The van der Waals surface area contributed by atoms with Gasteiger partial charge in [0.25, 0.3) is 0 Å². The summed E-state index contributed by atoms with van der Waals surface area (Å²) < 4.78 is 0. The standard InChI is InChI=1S/C15H23N3/c16-14-7-10-18(11-14)15-3-1-12(2-4-15)13-5-8-17-9-6-13/h5-6,8-9,12,14-15H,1-4,7,10-11,16H2/t12?,14-,15?/m1/s1. The topological polar surface area (TPSA) is 42.1 Å². The third-order valence-corrected chi connectivity index (χ3v) is 4.65. The monoisotopic (exact) mass is 245 g/mol. The Balaban J connectivity index is 1.55. The minimum atomic E-state index is 0.419. The largest absolute Gasteiger partial charge is 0.326 e. The average molecular weight is 245 g/mol. The van der Waals surface area contributed by atoms with Crippen LogP contribution < -0.4 is 5.73 Å². The minimum absolute atomic E-state index is 0.419. The molecule has 0 amide bonds. The molecule has 2 N–H and O–H groups in total. The molecule has 0 unspecified atom stereocenters. The van der Waals surface area contributed by atoms with Crippen molar-refractivity contribution >= 4 is 0 Å². The molecule has 3 rings (SSSR count). The second-order valence-electron chi connectivity index (χ2n) is 5.83. The predicted molar refractivity (Wildman–Crippen MR) is 73.4 cm³/mol. The summed E-state index contributed by atoms with van der Waals surface area (Å²) in [7, 11) is 0. The van der Waals surface area contributed by atoms with Gasteiger partial charge in [-0.1, -0.05) is 0 Å². The van der Waals surface area contributed by atoms with Crippen LogP contribution in [0, 0.1) is 0 Å². The van der Waals surface area contributed by atoms with Crippen LogP contribution >= 0.6 is 0 Å². The molecule has 1 atom stereocenters. The quantitative estimate of drug-likeness (QED) is 0.868. The first-order chi connectivity index (χ1) is 8.83. The third-order valence-electron chi connectivity index (χ3n) is 4.65. The highest BCUT2D eigenvalue weighted by atomic mass is 15.2. The number of hydrogen-bond donors (Lipinski definition) is 1. The van der Waals surface area contributed by atoms with Gasteiger partial charge in [0.05, 0.1) is 0 Å². The van der Waals surface area contributed by atoms with Gasteiger partial charge in [-0.25, -0.2) is 0 Å².